The van der Waals surface area contributed by atoms with Crippen molar-refractivity contribution >= 4 is 17.6 Å². The Bertz CT molecular complexity index is 415. The monoisotopic (exact) mass is 252 g/mol. The molecule has 0 heterocycles. The van der Waals surface area contributed by atoms with Crippen molar-refractivity contribution in [2.24, 2.45) is 10.8 Å². The van der Waals surface area contributed by atoms with Gasteiger partial charge in [-0.2, -0.15) is 0 Å². The van der Waals surface area contributed by atoms with E-state index in [1.165, 1.54) is 0 Å². The van der Waals surface area contributed by atoms with Crippen LogP contribution in [0.1, 0.15) is 18.4 Å². The molecule has 0 aliphatic heterocycles. The normalized spacial score (nSPS) is 15.8. The van der Waals surface area contributed by atoms with Crippen LogP contribution in [0.2, 0.25) is 5.02 Å². The van der Waals surface area contributed by atoms with E-state index in [0.717, 1.165) is 23.4 Å². The molecule has 0 radical (unpaired) electrons. The summed E-state index contributed by atoms with van der Waals surface area (Å²) in [5.41, 5.74) is 3.71. The summed E-state index contributed by atoms with van der Waals surface area (Å²) >= 11 is 6.12. The van der Waals surface area contributed by atoms with Crippen LogP contribution in [-0.2, 0) is 6.54 Å². The molecule has 1 aliphatic rings. The largest absolute Gasteiger partial charge is 0.341 e. The molecular weight excluding hydrogens is 236 g/mol. The highest BCUT2D eigenvalue weighted by Gasteiger charge is 2.22. The summed E-state index contributed by atoms with van der Waals surface area (Å²) in [5.74, 6) is 6.20. The quantitative estimate of drug-likeness (QED) is 0.373. The number of nitrogens with zero attached hydrogens (tertiary/aromatic N) is 2. The third kappa shape index (κ3) is 3.35. The highest BCUT2D eigenvalue weighted by Crippen LogP contribution is 2.24. The number of guanidine groups is 1. The van der Waals surface area contributed by atoms with Crippen molar-refractivity contribution in [3.05, 3.63) is 34.9 Å². The van der Waals surface area contributed by atoms with E-state index in [1.807, 2.05) is 36.2 Å². The van der Waals surface area contributed by atoms with Gasteiger partial charge in [-0.3, -0.25) is 5.43 Å². The molecule has 0 bridgehead atoms. The van der Waals surface area contributed by atoms with Crippen molar-refractivity contribution in [1.82, 2.24) is 10.3 Å². The predicted octanol–water partition coefficient (Wildman–Crippen LogP) is 1.75. The van der Waals surface area contributed by atoms with E-state index in [0.29, 0.717) is 18.5 Å². The lowest BCUT2D eigenvalue weighted by molar-refractivity contribution is 0.477. The van der Waals surface area contributed by atoms with Gasteiger partial charge in [0, 0.05) is 18.6 Å². The maximum atomic E-state index is 6.12. The lowest BCUT2D eigenvalue weighted by atomic mass is 10.2. The van der Waals surface area contributed by atoms with E-state index in [4.69, 9.17) is 17.4 Å². The predicted molar refractivity (Wildman–Crippen MR) is 70.7 cm³/mol. The summed E-state index contributed by atoms with van der Waals surface area (Å²) in [6.07, 6.45) is 2.32. The van der Waals surface area contributed by atoms with Crippen LogP contribution < -0.4 is 11.3 Å². The third-order valence-corrected chi connectivity index (χ3v) is 3.08. The van der Waals surface area contributed by atoms with E-state index < -0.39 is 0 Å². The van der Waals surface area contributed by atoms with Crippen LogP contribution in [0, 0.1) is 0 Å². The minimum absolute atomic E-state index is 0.440. The summed E-state index contributed by atoms with van der Waals surface area (Å²) in [6.45, 7) is 0.690. The van der Waals surface area contributed by atoms with Gasteiger partial charge in [-0.05, 0) is 24.5 Å². The molecule has 1 aliphatic carbocycles. The Morgan fingerprint density at radius 2 is 2.24 bits per heavy atom. The molecule has 5 heteroatoms. The molecule has 4 nitrogen and oxygen atoms in total. The molecule has 92 valence electrons. The third-order valence-electron chi connectivity index (χ3n) is 2.71. The molecule has 0 saturated heterocycles. The van der Waals surface area contributed by atoms with Gasteiger partial charge in [-0.25, -0.2) is 10.8 Å². The summed E-state index contributed by atoms with van der Waals surface area (Å²) in [5, 5.41) is 0.766. The number of rotatable bonds is 3. The van der Waals surface area contributed by atoms with Crippen LogP contribution >= 0.6 is 11.6 Å². The second-order valence-electron chi connectivity index (χ2n) is 4.28. The van der Waals surface area contributed by atoms with Crippen molar-refractivity contribution in [2.75, 3.05) is 7.05 Å². The van der Waals surface area contributed by atoms with Gasteiger partial charge in [0.25, 0.3) is 0 Å². The Balaban J connectivity index is 2.04. The van der Waals surface area contributed by atoms with Crippen molar-refractivity contribution in [3.63, 3.8) is 0 Å². The van der Waals surface area contributed by atoms with Gasteiger partial charge in [0.15, 0.2) is 0 Å². The number of nitrogens with one attached hydrogen (secondary N) is 1. The number of hydrogen-bond donors (Lipinski definition) is 2. The molecule has 1 aromatic carbocycles. The molecule has 2 rings (SSSR count). The zero-order valence-electron chi connectivity index (χ0n) is 9.86. The molecule has 3 N–H and O–H groups in total. The van der Waals surface area contributed by atoms with Gasteiger partial charge in [-0.1, -0.05) is 29.8 Å². The Kier molecular flexibility index (Phi) is 3.86. The first-order valence-corrected chi connectivity index (χ1v) is 6.07. The zero-order valence-corrected chi connectivity index (χ0v) is 10.6. The Morgan fingerprint density at radius 3 is 2.82 bits per heavy atom. The second kappa shape index (κ2) is 5.38. The van der Waals surface area contributed by atoms with Crippen LogP contribution in [0.25, 0.3) is 0 Å². The van der Waals surface area contributed by atoms with E-state index in [9.17, 15) is 0 Å². The van der Waals surface area contributed by atoms with Crippen molar-refractivity contribution in [1.29, 1.82) is 0 Å². The molecule has 17 heavy (non-hydrogen) atoms. The SMILES string of the molecule is CN(Cc1ccccc1Cl)C(=NC1CC1)NN. The summed E-state index contributed by atoms with van der Waals surface area (Å²) in [6, 6.07) is 8.23. The van der Waals surface area contributed by atoms with Gasteiger partial charge in [0.1, 0.15) is 0 Å². The molecule has 0 unspecified atom stereocenters. The number of halogens is 1. The number of aliphatic imine (C=N–C) groups is 1. The summed E-state index contributed by atoms with van der Waals surface area (Å²) in [4.78, 5) is 6.47. The van der Waals surface area contributed by atoms with Crippen molar-refractivity contribution in [3.8, 4) is 0 Å². The molecular formula is C12H17ClN4. The Hall–Kier alpha value is -1.26. The Labute approximate surface area is 106 Å². The van der Waals surface area contributed by atoms with Crippen LogP contribution in [0.5, 0.6) is 0 Å². The van der Waals surface area contributed by atoms with Crippen molar-refractivity contribution < 1.29 is 0 Å². The van der Waals surface area contributed by atoms with Crippen LogP contribution in [0.4, 0.5) is 0 Å². The fourth-order valence-electron chi connectivity index (χ4n) is 1.58. The smallest absolute Gasteiger partial charge is 0.208 e. The fourth-order valence-corrected chi connectivity index (χ4v) is 1.78. The van der Waals surface area contributed by atoms with Crippen LogP contribution in [-0.4, -0.2) is 23.9 Å². The van der Waals surface area contributed by atoms with Gasteiger partial charge < -0.3 is 4.90 Å². The van der Waals surface area contributed by atoms with E-state index in [1.54, 1.807) is 0 Å². The number of hydrogen-bond acceptors (Lipinski definition) is 2. The van der Waals surface area contributed by atoms with Gasteiger partial charge >= 0.3 is 0 Å². The van der Waals surface area contributed by atoms with Crippen LogP contribution in [0.3, 0.4) is 0 Å². The second-order valence-corrected chi connectivity index (χ2v) is 4.68. The molecule has 1 aromatic rings. The fraction of sp³-hybridized carbons (Fsp3) is 0.417. The number of nitrogens with two attached hydrogens (primary N) is 1. The number of hydrazine groups is 1. The molecule has 1 saturated carbocycles. The summed E-state index contributed by atoms with van der Waals surface area (Å²) < 4.78 is 0. The highest BCUT2D eigenvalue weighted by atomic mass is 35.5. The van der Waals surface area contributed by atoms with Crippen molar-refractivity contribution in [2.45, 2.75) is 25.4 Å². The minimum Gasteiger partial charge on any atom is -0.341 e. The van der Waals surface area contributed by atoms with Gasteiger partial charge in [0.2, 0.25) is 5.96 Å². The van der Waals surface area contributed by atoms with Gasteiger partial charge in [0.05, 0.1) is 6.04 Å². The zero-order chi connectivity index (χ0) is 12.3. The topological polar surface area (TPSA) is 53.6 Å². The molecule has 1 fully saturated rings. The first kappa shape index (κ1) is 12.2. The van der Waals surface area contributed by atoms with E-state index in [2.05, 4.69) is 10.4 Å². The average Bonchev–Trinajstić information content (AvgIpc) is 3.12. The maximum absolute atomic E-state index is 6.12. The highest BCUT2D eigenvalue weighted by molar-refractivity contribution is 6.31. The minimum atomic E-state index is 0.440. The maximum Gasteiger partial charge on any atom is 0.208 e. The number of benzene rings is 1. The standard InChI is InChI=1S/C12H17ClN4/c1-17(12(16-14)15-10-6-7-10)8-9-4-2-3-5-11(9)13/h2-5,10H,6-8,14H2,1H3,(H,15,16). The average molecular weight is 253 g/mol. The molecule has 0 aromatic heterocycles. The molecule has 0 atom stereocenters. The first-order valence-electron chi connectivity index (χ1n) is 5.69. The lowest BCUT2D eigenvalue weighted by Crippen LogP contribution is -2.42. The van der Waals surface area contributed by atoms with E-state index in [-0.39, 0.29) is 0 Å². The lowest BCUT2D eigenvalue weighted by Gasteiger charge is -2.21. The Morgan fingerprint density at radius 1 is 1.53 bits per heavy atom. The van der Waals surface area contributed by atoms with Gasteiger partial charge in [-0.15, -0.1) is 0 Å². The first-order chi connectivity index (χ1) is 8.20. The summed E-state index contributed by atoms with van der Waals surface area (Å²) in [7, 11) is 1.95. The van der Waals surface area contributed by atoms with Crippen LogP contribution in [0.15, 0.2) is 29.3 Å². The molecule has 0 spiro atoms. The molecule has 0 amide bonds. The van der Waals surface area contributed by atoms with E-state index >= 15 is 0 Å².